The minimum absolute atomic E-state index is 0.319. The summed E-state index contributed by atoms with van der Waals surface area (Å²) in [4.78, 5) is 24.3. The van der Waals surface area contributed by atoms with Gasteiger partial charge < -0.3 is 10.8 Å². The van der Waals surface area contributed by atoms with Crippen molar-refractivity contribution in [2.45, 2.75) is 45.6 Å². The van der Waals surface area contributed by atoms with Crippen molar-refractivity contribution < 1.29 is 14.7 Å². The van der Waals surface area contributed by atoms with Gasteiger partial charge in [-0.25, -0.2) is 0 Å². The predicted molar refractivity (Wildman–Crippen MR) is 121 cm³/mol. The number of carbonyl (C=O) groups is 2. The van der Waals surface area contributed by atoms with Crippen molar-refractivity contribution in [1.29, 1.82) is 0 Å². The average Bonchev–Trinajstić information content (AvgIpc) is 2.75. The Bertz CT molecular complexity index is 817. The van der Waals surface area contributed by atoms with E-state index in [2.05, 4.69) is 31.2 Å². The maximum absolute atomic E-state index is 12.8. The van der Waals surface area contributed by atoms with Crippen LogP contribution in [0.25, 0.3) is 0 Å². The molecule has 30 heavy (non-hydrogen) atoms. The highest BCUT2D eigenvalue weighted by Gasteiger charge is 2.31. The molecule has 4 heteroatoms. The molecule has 0 saturated carbocycles. The van der Waals surface area contributed by atoms with Crippen LogP contribution < -0.4 is 5.73 Å². The van der Waals surface area contributed by atoms with E-state index in [1.54, 1.807) is 6.08 Å². The molecule has 0 aliphatic carbocycles. The Morgan fingerprint density at radius 1 is 0.933 bits per heavy atom. The number of hydrogen-bond acceptors (Lipinski definition) is 3. The van der Waals surface area contributed by atoms with E-state index >= 15 is 0 Å². The average molecular weight is 408 g/mol. The lowest BCUT2D eigenvalue weighted by Gasteiger charge is -2.22. The first-order valence-electron chi connectivity index (χ1n) is 10.6. The van der Waals surface area contributed by atoms with Gasteiger partial charge in [0.1, 0.15) is 0 Å². The highest BCUT2D eigenvalue weighted by molar-refractivity contribution is 6.01. The molecular weight excluding hydrogens is 374 g/mol. The van der Waals surface area contributed by atoms with E-state index in [-0.39, 0.29) is 5.78 Å². The molecule has 160 valence electrons. The van der Waals surface area contributed by atoms with E-state index in [0.717, 1.165) is 24.8 Å². The Labute approximate surface area is 179 Å². The Kier molecular flexibility index (Phi) is 9.49. The standard InChI is InChI=1S/C26H33NO3/c1-19(17-21-12-5-3-6-13-21)11-9-10-16-24(28)23(25(29)20(2)26(27)30)18-22-14-7-4-8-15-22/h3-8,10,12-16,19-20,23-24,28H,9,11,17-18H2,1-2H3,(H2,27,30)/b16-10+/t19?,20-,23?,24+/m1/s1. The molecule has 0 spiro atoms. The van der Waals surface area contributed by atoms with Crippen LogP contribution in [0.5, 0.6) is 0 Å². The van der Waals surface area contributed by atoms with Crippen LogP contribution >= 0.6 is 0 Å². The summed E-state index contributed by atoms with van der Waals surface area (Å²) < 4.78 is 0. The summed E-state index contributed by atoms with van der Waals surface area (Å²) in [5.41, 5.74) is 7.59. The van der Waals surface area contributed by atoms with E-state index in [0.29, 0.717) is 12.3 Å². The molecule has 0 aliphatic rings. The number of aliphatic hydroxyl groups excluding tert-OH is 1. The summed E-state index contributed by atoms with van der Waals surface area (Å²) in [5, 5.41) is 10.7. The number of primary amides is 1. The molecule has 0 aromatic heterocycles. The summed E-state index contributed by atoms with van der Waals surface area (Å²) in [7, 11) is 0. The highest BCUT2D eigenvalue weighted by atomic mass is 16.3. The van der Waals surface area contributed by atoms with Crippen LogP contribution in [0.4, 0.5) is 0 Å². The van der Waals surface area contributed by atoms with Gasteiger partial charge in [-0.1, -0.05) is 79.7 Å². The van der Waals surface area contributed by atoms with Crippen LogP contribution in [-0.2, 0) is 22.4 Å². The zero-order chi connectivity index (χ0) is 21.9. The van der Waals surface area contributed by atoms with Crippen LogP contribution in [-0.4, -0.2) is 22.9 Å². The van der Waals surface area contributed by atoms with Gasteiger partial charge in [0.25, 0.3) is 0 Å². The van der Waals surface area contributed by atoms with Gasteiger partial charge in [-0.3, -0.25) is 9.59 Å². The SMILES string of the molecule is CC(CC/C=C/[C@H](O)C(Cc1ccccc1)C(=O)[C@@H](C)C(N)=O)Cc1ccccc1. The molecule has 2 aromatic carbocycles. The molecule has 0 radical (unpaired) electrons. The monoisotopic (exact) mass is 407 g/mol. The van der Waals surface area contributed by atoms with Gasteiger partial charge in [0.05, 0.1) is 17.9 Å². The van der Waals surface area contributed by atoms with Gasteiger partial charge in [0.15, 0.2) is 5.78 Å². The Balaban J connectivity index is 1.96. The van der Waals surface area contributed by atoms with E-state index in [9.17, 15) is 14.7 Å². The molecule has 2 unspecified atom stereocenters. The Hall–Kier alpha value is -2.72. The van der Waals surface area contributed by atoms with E-state index in [1.165, 1.54) is 12.5 Å². The number of hydrogen-bond donors (Lipinski definition) is 2. The fraction of sp³-hybridized carbons (Fsp3) is 0.385. The number of benzene rings is 2. The number of aliphatic hydroxyl groups is 1. The molecule has 4 nitrogen and oxygen atoms in total. The van der Waals surface area contributed by atoms with Crippen molar-refractivity contribution in [1.82, 2.24) is 0 Å². The molecule has 1 amide bonds. The van der Waals surface area contributed by atoms with Crippen molar-refractivity contribution in [3.63, 3.8) is 0 Å². The lowest BCUT2D eigenvalue weighted by molar-refractivity contribution is -0.135. The third-order valence-corrected chi connectivity index (χ3v) is 5.52. The second-order valence-corrected chi connectivity index (χ2v) is 8.11. The van der Waals surface area contributed by atoms with Gasteiger partial charge >= 0.3 is 0 Å². The second kappa shape index (κ2) is 12.1. The third kappa shape index (κ3) is 7.60. The number of carbonyl (C=O) groups excluding carboxylic acids is 2. The van der Waals surface area contributed by atoms with Crippen LogP contribution in [0.3, 0.4) is 0 Å². The van der Waals surface area contributed by atoms with Crippen molar-refractivity contribution in [3.8, 4) is 0 Å². The van der Waals surface area contributed by atoms with Gasteiger partial charge in [-0.05, 0) is 49.7 Å². The molecular formula is C26H33NO3. The zero-order valence-electron chi connectivity index (χ0n) is 17.9. The summed E-state index contributed by atoms with van der Waals surface area (Å²) in [5.74, 6) is -2.09. The quantitative estimate of drug-likeness (QED) is 0.410. The smallest absolute Gasteiger partial charge is 0.227 e. The lowest BCUT2D eigenvalue weighted by Crippen LogP contribution is -2.38. The summed E-state index contributed by atoms with van der Waals surface area (Å²) >= 11 is 0. The molecule has 2 rings (SSSR count). The molecule has 0 aliphatic heterocycles. The summed E-state index contributed by atoms with van der Waals surface area (Å²) in [6.45, 7) is 3.72. The predicted octanol–water partition coefficient (Wildman–Crippen LogP) is 4.11. The molecule has 4 atom stereocenters. The van der Waals surface area contributed by atoms with E-state index in [1.807, 2.05) is 42.5 Å². The maximum Gasteiger partial charge on any atom is 0.227 e. The van der Waals surface area contributed by atoms with Gasteiger partial charge in [-0.15, -0.1) is 0 Å². The van der Waals surface area contributed by atoms with Crippen LogP contribution in [0.1, 0.15) is 37.8 Å². The normalized spacial score (nSPS) is 15.4. The highest BCUT2D eigenvalue weighted by Crippen LogP contribution is 2.20. The summed E-state index contributed by atoms with van der Waals surface area (Å²) in [6.07, 6.45) is 5.87. The minimum Gasteiger partial charge on any atom is -0.388 e. The van der Waals surface area contributed by atoms with Crippen molar-refractivity contribution in [2.75, 3.05) is 0 Å². The van der Waals surface area contributed by atoms with Crippen molar-refractivity contribution >= 4 is 11.7 Å². The van der Waals surface area contributed by atoms with Gasteiger partial charge in [0.2, 0.25) is 5.91 Å². The van der Waals surface area contributed by atoms with E-state index in [4.69, 9.17) is 5.73 Å². The molecule has 0 heterocycles. The Morgan fingerprint density at radius 3 is 2.00 bits per heavy atom. The first-order valence-corrected chi connectivity index (χ1v) is 10.6. The largest absolute Gasteiger partial charge is 0.388 e. The number of allylic oxidation sites excluding steroid dienone is 1. The number of amides is 1. The fourth-order valence-corrected chi connectivity index (χ4v) is 3.59. The zero-order valence-corrected chi connectivity index (χ0v) is 17.9. The maximum atomic E-state index is 12.8. The van der Waals surface area contributed by atoms with Gasteiger partial charge in [-0.2, -0.15) is 0 Å². The number of nitrogens with two attached hydrogens (primary N) is 1. The topological polar surface area (TPSA) is 80.4 Å². The molecule has 3 N–H and O–H groups in total. The van der Waals surface area contributed by atoms with Crippen LogP contribution in [0.15, 0.2) is 72.8 Å². The number of Topliss-reactive ketones (excluding diaryl/α,β-unsaturated/α-hetero) is 1. The van der Waals surface area contributed by atoms with Crippen molar-refractivity contribution in [3.05, 3.63) is 83.9 Å². The van der Waals surface area contributed by atoms with E-state index < -0.39 is 23.8 Å². The first-order chi connectivity index (χ1) is 14.4. The number of rotatable bonds is 12. The molecule has 0 saturated heterocycles. The first kappa shape index (κ1) is 23.6. The van der Waals surface area contributed by atoms with Crippen LogP contribution in [0.2, 0.25) is 0 Å². The fourth-order valence-electron chi connectivity index (χ4n) is 3.59. The molecule has 0 bridgehead atoms. The molecule has 0 fully saturated rings. The van der Waals surface area contributed by atoms with Crippen molar-refractivity contribution in [2.24, 2.45) is 23.5 Å². The number of ketones is 1. The molecule has 2 aromatic rings. The lowest BCUT2D eigenvalue weighted by atomic mass is 9.84. The third-order valence-electron chi connectivity index (χ3n) is 5.52. The van der Waals surface area contributed by atoms with Gasteiger partial charge in [0, 0.05) is 0 Å². The van der Waals surface area contributed by atoms with Crippen LogP contribution in [0, 0.1) is 17.8 Å². The Morgan fingerprint density at radius 2 is 1.47 bits per heavy atom. The summed E-state index contributed by atoms with van der Waals surface area (Å²) in [6, 6.07) is 19.9. The second-order valence-electron chi connectivity index (χ2n) is 8.11. The minimum atomic E-state index is -0.955.